The van der Waals surface area contributed by atoms with Crippen LogP contribution in [0.25, 0.3) is 22.3 Å². The third-order valence-electron chi connectivity index (χ3n) is 9.13. The number of piperazine rings is 1. The summed E-state index contributed by atoms with van der Waals surface area (Å²) in [5.74, 6) is 1.04. The van der Waals surface area contributed by atoms with Crippen molar-refractivity contribution < 1.29 is 0 Å². The number of aromatic nitrogens is 2. The molecule has 4 heterocycles. The topological polar surface area (TPSA) is 35.5 Å². The second-order valence-electron chi connectivity index (χ2n) is 11.7. The van der Waals surface area contributed by atoms with Crippen molar-refractivity contribution >= 4 is 17.0 Å². The van der Waals surface area contributed by atoms with Gasteiger partial charge < -0.3 is 14.7 Å². The van der Waals surface area contributed by atoms with Gasteiger partial charge in [-0.15, -0.1) is 0 Å². The van der Waals surface area contributed by atoms with Crippen LogP contribution in [0.15, 0.2) is 61.9 Å². The Morgan fingerprint density at radius 1 is 0.868 bits per heavy atom. The van der Waals surface area contributed by atoms with E-state index in [1.807, 2.05) is 12.4 Å². The number of allylic oxidation sites excluding steroid dienone is 1. The van der Waals surface area contributed by atoms with Crippen LogP contribution in [0.3, 0.4) is 0 Å². The van der Waals surface area contributed by atoms with Crippen LogP contribution in [-0.2, 0) is 5.41 Å². The molecule has 2 fully saturated rings. The average molecular weight is 506 g/mol. The quantitative estimate of drug-likeness (QED) is 0.458. The zero-order valence-corrected chi connectivity index (χ0v) is 23.1. The van der Waals surface area contributed by atoms with Gasteiger partial charge in [0.05, 0.1) is 0 Å². The van der Waals surface area contributed by atoms with Gasteiger partial charge in [-0.1, -0.05) is 25.3 Å². The Balaban J connectivity index is 1.31. The Labute approximate surface area is 227 Å². The van der Waals surface area contributed by atoms with Crippen molar-refractivity contribution in [3.8, 4) is 11.1 Å². The van der Waals surface area contributed by atoms with E-state index in [1.54, 1.807) is 0 Å². The molecule has 2 saturated heterocycles. The number of nitrogens with zero attached hydrogens (tertiary/aromatic N) is 5. The van der Waals surface area contributed by atoms with Gasteiger partial charge in [-0.3, -0.25) is 4.98 Å². The third-order valence-corrected chi connectivity index (χ3v) is 9.13. The van der Waals surface area contributed by atoms with Crippen molar-refractivity contribution in [3.63, 3.8) is 0 Å². The molecule has 3 aromatic rings. The van der Waals surface area contributed by atoms with E-state index in [0.29, 0.717) is 0 Å². The first-order valence-corrected chi connectivity index (χ1v) is 13.9. The van der Waals surface area contributed by atoms with Crippen LogP contribution >= 0.6 is 0 Å². The molecule has 5 nitrogen and oxygen atoms in total. The predicted octanol–water partition coefficient (Wildman–Crippen LogP) is 5.65. The van der Waals surface area contributed by atoms with Crippen LogP contribution in [0, 0.1) is 6.92 Å². The van der Waals surface area contributed by atoms with Gasteiger partial charge in [0.15, 0.2) is 0 Å². The number of rotatable bonds is 4. The maximum Gasteiger partial charge on any atom is 0.129 e. The van der Waals surface area contributed by atoms with Crippen molar-refractivity contribution in [1.29, 1.82) is 0 Å². The lowest BCUT2D eigenvalue weighted by Gasteiger charge is -2.38. The maximum atomic E-state index is 4.81. The van der Waals surface area contributed by atoms with Crippen molar-refractivity contribution in [1.82, 2.24) is 19.8 Å². The lowest BCUT2D eigenvalue weighted by Crippen LogP contribution is -2.44. The molecule has 5 heteroatoms. The maximum absolute atomic E-state index is 4.81. The zero-order chi connectivity index (χ0) is 26.4. The second kappa shape index (κ2) is 9.79. The molecule has 2 aliphatic heterocycles. The molecular weight excluding hydrogens is 466 g/mol. The number of likely N-dealkylation sites (tertiary alicyclic amines) is 1. The molecule has 196 valence electrons. The summed E-state index contributed by atoms with van der Waals surface area (Å²) in [5, 5.41) is 0. The van der Waals surface area contributed by atoms with E-state index in [9.17, 15) is 0 Å². The average Bonchev–Trinajstić information content (AvgIpc) is 3.21. The Bertz CT molecular complexity index is 1390. The van der Waals surface area contributed by atoms with Crippen molar-refractivity contribution in [2.45, 2.75) is 31.6 Å². The van der Waals surface area contributed by atoms with Crippen molar-refractivity contribution in [3.05, 3.63) is 89.9 Å². The van der Waals surface area contributed by atoms with Gasteiger partial charge in [0.1, 0.15) is 5.82 Å². The highest BCUT2D eigenvalue weighted by Crippen LogP contribution is 2.51. The number of pyridine rings is 2. The van der Waals surface area contributed by atoms with Crippen LogP contribution in [-0.4, -0.2) is 73.1 Å². The number of hydrogen-bond donors (Lipinski definition) is 0. The van der Waals surface area contributed by atoms with Gasteiger partial charge in [-0.05, 0) is 111 Å². The zero-order valence-electron chi connectivity index (χ0n) is 23.1. The van der Waals surface area contributed by atoms with Crippen LogP contribution < -0.4 is 4.90 Å². The van der Waals surface area contributed by atoms with Gasteiger partial charge in [-0.2, -0.15) is 0 Å². The predicted molar refractivity (Wildman–Crippen MR) is 159 cm³/mol. The number of likely N-dealkylation sites (N-methyl/N-ethyl adjacent to an activating group) is 1. The van der Waals surface area contributed by atoms with Crippen LogP contribution in [0.4, 0.5) is 5.82 Å². The smallest absolute Gasteiger partial charge is 0.129 e. The number of benzene rings is 1. The highest BCUT2D eigenvalue weighted by atomic mass is 15.3. The fourth-order valence-electron chi connectivity index (χ4n) is 6.53. The first kappa shape index (κ1) is 25.0. The van der Waals surface area contributed by atoms with E-state index in [2.05, 4.69) is 90.3 Å². The minimum atomic E-state index is 0.223. The molecule has 1 aliphatic carbocycles. The molecule has 0 N–H and O–H groups in total. The summed E-state index contributed by atoms with van der Waals surface area (Å²) in [7, 11) is 4.41. The molecule has 0 bridgehead atoms. The number of piperidine rings is 1. The summed E-state index contributed by atoms with van der Waals surface area (Å²) >= 11 is 0. The Morgan fingerprint density at radius 3 is 2.37 bits per heavy atom. The summed E-state index contributed by atoms with van der Waals surface area (Å²) in [6, 6.07) is 13.5. The monoisotopic (exact) mass is 505 g/mol. The Morgan fingerprint density at radius 2 is 1.61 bits per heavy atom. The third kappa shape index (κ3) is 4.48. The SMILES string of the molecule is C=C1CC2(CCN(C)CC2)c2cc(C(=C)c3cc(-c4ccnc(N5CCN(C)CC5)c4)cnc3C)ccc21. The van der Waals surface area contributed by atoms with Gasteiger partial charge >= 0.3 is 0 Å². The van der Waals surface area contributed by atoms with E-state index < -0.39 is 0 Å². The van der Waals surface area contributed by atoms with E-state index in [1.165, 1.54) is 35.1 Å². The molecule has 38 heavy (non-hydrogen) atoms. The number of anilines is 1. The molecular formula is C33H39N5. The van der Waals surface area contributed by atoms with E-state index in [0.717, 1.165) is 79.5 Å². The van der Waals surface area contributed by atoms with Gasteiger partial charge in [0.2, 0.25) is 0 Å². The molecule has 0 atom stereocenters. The first-order valence-electron chi connectivity index (χ1n) is 13.9. The fourth-order valence-corrected chi connectivity index (χ4v) is 6.53. The minimum absolute atomic E-state index is 0.223. The highest BCUT2D eigenvalue weighted by Gasteiger charge is 2.42. The minimum Gasteiger partial charge on any atom is -0.354 e. The Kier molecular flexibility index (Phi) is 6.45. The van der Waals surface area contributed by atoms with Crippen molar-refractivity contribution in [2.75, 3.05) is 58.3 Å². The number of hydrogen-bond acceptors (Lipinski definition) is 5. The van der Waals surface area contributed by atoms with E-state index in [-0.39, 0.29) is 5.41 Å². The lowest BCUT2D eigenvalue weighted by molar-refractivity contribution is 0.194. The van der Waals surface area contributed by atoms with Crippen molar-refractivity contribution in [2.24, 2.45) is 0 Å². The lowest BCUT2D eigenvalue weighted by atomic mass is 9.73. The summed E-state index contributed by atoms with van der Waals surface area (Å²) in [5.41, 5.74) is 10.9. The molecule has 0 unspecified atom stereocenters. The van der Waals surface area contributed by atoms with E-state index >= 15 is 0 Å². The van der Waals surface area contributed by atoms with Gasteiger partial charge in [0.25, 0.3) is 0 Å². The summed E-state index contributed by atoms with van der Waals surface area (Å²) in [6.45, 7) is 17.5. The van der Waals surface area contributed by atoms with Gasteiger partial charge in [0, 0.05) is 60.8 Å². The largest absolute Gasteiger partial charge is 0.354 e. The van der Waals surface area contributed by atoms with E-state index in [4.69, 9.17) is 4.98 Å². The molecule has 6 rings (SSSR count). The van der Waals surface area contributed by atoms with Crippen LogP contribution in [0.2, 0.25) is 0 Å². The number of aryl methyl sites for hydroxylation is 1. The highest BCUT2D eigenvalue weighted by molar-refractivity contribution is 5.84. The Hall–Kier alpha value is -3.28. The fraction of sp³-hybridized carbons (Fsp3) is 0.394. The molecule has 0 saturated carbocycles. The normalized spacial score (nSPS) is 19.7. The summed E-state index contributed by atoms with van der Waals surface area (Å²) in [4.78, 5) is 16.7. The van der Waals surface area contributed by atoms with Crippen LogP contribution in [0.5, 0.6) is 0 Å². The number of fused-ring (bicyclic) bond motifs is 2. The first-order chi connectivity index (χ1) is 18.3. The van der Waals surface area contributed by atoms with Gasteiger partial charge in [-0.25, -0.2) is 4.98 Å². The summed E-state index contributed by atoms with van der Waals surface area (Å²) < 4.78 is 0. The summed E-state index contributed by atoms with van der Waals surface area (Å²) in [6.07, 6.45) is 7.37. The molecule has 2 aromatic heterocycles. The second-order valence-corrected chi connectivity index (χ2v) is 11.7. The molecule has 3 aliphatic rings. The molecule has 0 amide bonds. The molecule has 1 spiro atoms. The molecule has 0 radical (unpaired) electrons. The molecule has 1 aromatic carbocycles. The standard InChI is InChI=1S/C33H39N5/c1-23-21-33(9-12-36(4)13-10-33)31-19-26(6-7-29(23)31)24(2)30-18-28(22-35-25(30)3)27-8-11-34-32(20-27)38-16-14-37(5)15-17-38/h6-8,11,18-20,22H,1-2,9-10,12-17,21H2,3-5H3. The van der Waals surface area contributed by atoms with Crippen LogP contribution in [0.1, 0.15) is 47.2 Å².